The number of nitrogens with zero attached hydrogens (tertiary/aromatic N) is 6. The van der Waals surface area contributed by atoms with Crippen molar-refractivity contribution in [3.8, 4) is 28.4 Å². The van der Waals surface area contributed by atoms with Crippen molar-refractivity contribution in [2.75, 3.05) is 7.11 Å². The summed E-state index contributed by atoms with van der Waals surface area (Å²) in [6.45, 7) is 2.22. The lowest BCUT2D eigenvalue weighted by molar-refractivity contribution is 0.385. The highest BCUT2D eigenvalue weighted by Crippen LogP contribution is 2.24. The van der Waals surface area contributed by atoms with Crippen LogP contribution in [0.25, 0.3) is 22.5 Å². The minimum Gasteiger partial charge on any atom is -0.480 e. The summed E-state index contributed by atoms with van der Waals surface area (Å²) in [5.74, 6) is 1.63. The van der Waals surface area contributed by atoms with Gasteiger partial charge in [-0.25, -0.2) is 0 Å². The third-order valence-electron chi connectivity index (χ3n) is 3.82. The largest absolute Gasteiger partial charge is 0.480 e. The van der Waals surface area contributed by atoms with Crippen LogP contribution < -0.4 is 4.74 Å². The number of hydrogen-bond donors (Lipinski definition) is 0. The summed E-state index contributed by atoms with van der Waals surface area (Å²) in [5, 5.41) is 16.7. The van der Waals surface area contributed by atoms with E-state index in [9.17, 15) is 0 Å². The molecule has 0 radical (unpaired) electrons. The number of hydrogen-bond acceptors (Lipinski definition) is 7. The van der Waals surface area contributed by atoms with E-state index in [0.717, 1.165) is 22.5 Å². The molecule has 0 N–H and O–H groups in total. The van der Waals surface area contributed by atoms with Crippen LogP contribution in [0.15, 0.2) is 53.2 Å². The summed E-state index contributed by atoms with van der Waals surface area (Å²) in [7, 11) is 1.57. The number of aromatic nitrogens is 6. The van der Waals surface area contributed by atoms with E-state index in [0.29, 0.717) is 24.1 Å². The molecule has 4 aromatic rings. The van der Waals surface area contributed by atoms with Gasteiger partial charge in [-0.2, -0.15) is 10.1 Å². The molecule has 26 heavy (non-hydrogen) atoms. The van der Waals surface area contributed by atoms with E-state index in [4.69, 9.17) is 9.26 Å². The molecule has 0 saturated carbocycles. The van der Waals surface area contributed by atoms with Gasteiger partial charge in [-0.3, -0.25) is 4.68 Å². The van der Waals surface area contributed by atoms with Gasteiger partial charge in [0.2, 0.25) is 11.8 Å². The molecule has 1 aromatic carbocycles. The molecule has 130 valence electrons. The van der Waals surface area contributed by atoms with Crippen molar-refractivity contribution in [3.63, 3.8) is 0 Å². The van der Waals surface area contributed by atoms with Gasteiger partial charge in [0, 0.05) is 30.3 Å². The van der Waals surface area contributed by atoms with Crippen molar-refractivity contribution in [2.24, 2.45) is 0 Å². The van der Waals surface area contributed by atoms with E-state index in [1.807, 2.05) is 42.6 Å². The Morgan fingerprint density at radius 3 is 2.58 bits per heavy atom. The molecule has 0 bridgehead atoms. The Labute approximate surface area is 149 Å². The maximum atomic E-state index is 5.05. The average Bonchev–Trinajstić information content (AvgIpc) is 3.31. The highest BCUT2D eigenvalue weighted by Gasteiger charge is 2.08. The molecule has 0 saturated heterocycles. The van der Waals surface area contributed by atoms with Gasteiger partial charge in [-0.05, 0) is 18.2 Å². The van der Waals surface area contributed by atoms with Crippen LogP contribution in [0, 0.1) is 6.92 Å². The lowest BCUT2D eigenvalue weighted by atomic mass is 10.1. The van der Waals surface area contributed by atoms with Crippen LogP contribution in [0.4, 0.5) is 0 Å². The summed E-state index contributed by atoms with van der Waals surface area (Å²) in [6, 6.07) is 13.6. The van der Waals surface area contributed by atoms with E-state index >= 15 is 0 Å². The van der Waals surface area contributed by atoms with Gasteiger partial charge in [-0.1, -0.05) is 23.4 Å². The number of ether oxygens (including phenoxy) is 1. The molecule has 0 aliphatic carbocycles. The molecular weight excluding hydrogens is 332 g/mol. The van der Waals surface area contributed by atoms with Gasteiger partial charge in [0.05, 0.1) is 18.5 Å². The quantitative estimate of drug-likeness (QED) is 0.547. The molecule has 0 aliphatic rings. The van der Waals surface area contributed by atoms with Gasteiger partial charge in [-0.15, -0.1) is 10.2 Å². The van der Waals surface area contributed by atoms with Crippen molar-refractivity contribution < 1.29 is 9.26 Å². The standard InChI is InChI=1S/C18H16N6O2/c1-12-19-17(23-26-12)11-24-9-8-16(22-24)14-5-3-4-13(10-14)15-6-7-18(25-2)21-20-15/h3-10H,11H2,1-2H3. The molecule has 3 aromatic heterocycles. The predicted molar refractivity (Wildman–Crippen MR) is 93.4 cm³/mol. The van der Waals surface area contributed by atoms with E-state index in [-0.39, 0.29) is 0 Å². The Bertz CT molecular complexity index is 1020. The zero-order chi connectivity index (χ0) is 17.9. The molecule has 0 fully saturated rings. The van der Waals surface area contributed by atoms with Crippen molar-refractivity contribution in [3.05, 3.63) is 60.4 Å². The summed E-state index contributed by atoms with van der Waals surface area (Å²) in [6.07, 6.45) is 1.89. The summed E-state index contributed by atoms with van der Waals surface area (Å²) >= 11 is 0. The summed E-state index contributed by atoms with van der Waals surface area (Å²) in [4.78, 5) is 4.19. The molecule has 0 aliphatic heterocycles. The molecular formula is C18H16N6O2. The summed E-state index contributed by atoms with van der Waals surface area (Å²) < 4.78 is 11.8. The Hall–Kier alpha value is -3.55. The Kier molecular flexibility index (Phi) is 4.14. The van der Waals surface area contributed by atoms with Crippen molar-refractivity contribution in [1.29, 1.82) is 0 Å². The Balaban J connectivity index is 1.58. The molecule has 3 heterocycles. The van der Waals surface area contributed by atoms with E-state index in [2.05, 4.69) is 25.4 Å². The lowest BCUT2D eigenvalue weighted by Gasteiger charge is -2.04. The van der Waals surface area contributed by atoms with Gasteiger partial charge in [0.1, 0.15) is 6.54 Å². The molecule has 4 rings (SSSR count). The molecule has 0 spiro atoms. The van der Waals surface area contributed by atoms with Crippen LogP contribution in [0.1, 0.15) is 11.7 Å². The molecule has 0 atom stereocenters. The number of methoxy groups -OCH3 is 1. The van der Waals surface area contributed by atoms with Crippen LogP contribution in [-0.2, 0) is 6.54 Å². The fourth-order valence-corrected chi connectivity index (χ4v) is 2.57. The van der Waals surface area contributed by atoms with E-state index in [1.54, 1.807) is 24.8 Å². The smallest absolute Gasteiger partial charge is 0.233 e. The second kappa shape index (κ2) is 6.75. The van der Waals surface area contributed by atoms with Gasteiger partial charge >= 0.3 is 0 Å². The second-order valence-corrected chi connectivity index (χ2v) is 5.67. The maximum absolute atomic E-state index is 5.05. The third-order valence-corrected chi connectivity index (χ3v) is 3.82. The van der Waals surface area contributed by atoms with Crippen molar-refractivity contribution in [2.45, 2.75) is 13.5 Å². The first-order valence-corrected chi connectivity index (χ1v) is 8.02. The van der Waals surface area contributed by atoms with Gasteiger partial charge in [0.15, 0.2) is 5.82 Å². The van der Waals surface area contributed by atoms with Crippen molar-refractivity contribution in [1.82, 2.24) is 30.1 Å². The second-order valence-electron chi connectivity index (χ2n) is 5.67. The number of aryl methyl sites for hydroxylation is 1. The number of rotatable bonds is 5. The highest BCUT2D eigenvalue weighted by molar-refractivity contribution is 5.69. The number of benzene rings is 1. The topological polar surface area (TPSA) is 91.8 Å². The highest BCUT2D eigenvalue weighted by atomic mass is 16.5. The Morgan fingerprint density at radius 1 is 1.04 bits per heavy atom. The van der Waals surface area contributed by atoms with Crippen LogP contribution in [-0.4, -0.2) is 37.2 Å². The van der Waals surface area contributed by atoms with E-state index < -0.39 is 0 Å². The monoisotopic (exact) mass is 348 g/mol. The molecule has 8 nitrogen and oxygen atoms in total. The zero-order valence-corrected chi connectivity index (χ0v) is 14.3. The van der Waals surface area contributed by atoms with Gasteiger partial charge in [0.25, 0.3) is 0 Å². The van der Waals surface area contributed by atoms with Gasteiger partial charge < -0.3 is 9.26 Å². The molecule has 0 unspecified atom stereocenters. The van der Waals surface area contributed by atoms with Crippen LogP contribution in [0.5, 0.6) is 5.88 Å². The first-order valence-electron chi connectivity index (χ1n) is 8.02. The summed E-state index contributed by atoms with van der Waals surface area (Å²) in [5.41, 5.74) is 3.58. The minimum absolute atomic E-state index is 0.459. The molecule has 8 heteroatoms. The first-order chi connectivity index (χ1) is 12.7. The fraction of sp³-hybridized carbons (Fsp3) is 0.167. The normalized spacial score (nSPS) is 10.8. The zero-order valence-electron chi connectivity index (χ0n) is 14.3. The Morgan fingerprint density at radius 2 is 1.88 bits per heavy atom. The molecule has 0 amide bonds. The predicted octanol–water partition coefficient (Wildman–Crippen LogP) is 2.76. The average molecular weight is 348 g/mol. The van der Waals surface area contributed by atoms with Crippen LogP contribution >= 0.6 is 0 Å². The first kappa shape index (κ1) is 15.9. The van der Waals surface area contributed by atoms with Crippen LogP contribution in [0.3, 0.4) is 0 Å². The van der Waals surface area contributed by atoms with Crippen LogP contribution in [0.2, 0.25) is 0 Å². The minimum atomic E-state index is 0.459. The lowest BCUT2D eigenvalue weighted by Crippen LogP contribution is -2.02. The SMILES string of the molecule is COc1ccc(-c2cccc(-c3ccn(Cc4noc(C)n4)n3)c2)nn1. The van der Waals surface area contributed by atoms with E-state index in [1.165, 1.54) is 0 Å². The third kappa shape index (κ3) is 3.30. The fourth-order valence-electron chi connectivity index (χ4n) is 2.57. The van der Waals surface area contributed by atoms with Crippen molar-refractivity contribution >= 4 is 0 Å². The maximum Gasteiger partial charge on any atom is 0.233 e.